The smallest absolute Gasteiger partial charge is 0.171 e. The Kier molecular flexibility index (Phi) is 4.30. The highest BCUT2D eigenvalue weighted by atomic mass is 32.1. The maximum absolute atomic E-state index is 5.10. The average Bonchev–Trinajstić information content (AvgIpc) is 2.78. The van der Waals surface area contributed by atoms with Crippen molar-refractivity contribution in [2.45, 2.75) is 13.5 Å². The second-order valence-corrected chi connectivity index (χ2v) is 4.28. The average molecular weight is 260 g/mol. The van der Waals surface area contributed by atoms with Crippen LogP contribution in [0, 0.1) is 0 Å². The Bertz CT molecular complexity index is 507. The molecule has 0 aliphatic carbocycles. The Morgan fingerprint density at radius 1 is 1.28 bits per heavy atom. The van der Waals surface area contributed by atoms with Crippen molar-refractivity contribution in [3.05, 3.63) is 48.2 Å². The molecule has 5 heteroatoms. The van der Waals surface area contributed by atoms with Crippen LogP contribution in [-0.2, 0) is 6.54 Å². The number of hydrogen-bond acceptors (Lipinski definition) is 2. The second-order valence-electron chi connectivity index (χ2n) is 3.87. The fourth-order valence-corrected chi connectivity index (χ4v) is 1.86. The number of thiocarbonyl (C=S) groups is 1. The first-order chi connectivity index (χ1) is 8.78. The van der Waals surface area contributed by atoms with Crippen LogP contribution in [0.15, 0.2) is 42.6 Å². The van der Waals surface area contributed by atoms with E-state index in [0.29, 0.717) is 5.11 Å². The quantitative estimate of drug-likeness (QED) is 0.827. The molecule has 1 aromatic carbocycles. The van der Waals surface area contributed by atoms with Crippen LogP contribution in [0.1, 0.15) is 12.5 Å². The molecular weight excluding hydrogens is 244 g/mol. The summed E-state index contributed by atoms with van der Waals surface area (Å²) in [6.07, 6.45) is 1.93. The lowest BCUT2D eigenvalue weighted by Crippen LogP contribution is -2.28. The van der Waals surface area contributed by atoms with E-state index in [9.17, 15) is 0 Å². The summed E-state index contributed by atoms with van der Waals surface area (Å²) in [5.74, 6) is 0.761. The molecular formula is C13H16N4S. The zero-order valence-corrected chi connectivity index (χ0v) is 11.1. The molecule has 0 spiro atoms. The number of aromatic nitrogens is 2. The number of hydrogen-bond donors (Lipinski definition) is 2. The van der Waals surface area contributed by atoms with Gasteiger partial charge in [-0.05, 0) is 24.7 Å². The minimum Gasteiger partial charge on any atom is -0.363 e. The summed E-state index contributed by atoms with van der Waals surface area (Å²) in [4.78, 5) is 0. The lowest BCUT2D eigenvalue weighted by molar-refractivity contribution is 0.690. The molecule has 0 aliphatic heterocycles. The van der Waals surface area contributed by atoms with Gasteiger partial charge < -0.3 is 10.6 Å². The van der Waals surface area contributed by atoms with Gasteiger partial charge in [-0.1, -0.05) is 30.3 Å². The fraction of sp³-hybridized carbons (Fsp3) is 0.231. The first-order valence-corrected chi connectivity index (χ1v) is 6.31. The van der Waals surface area contributed by atoms with Gasteiger partial charge in [0.05, 0.1) is 6.54 Å². The van der Waals surface area contributed by atoms with E-state index in [0.717, 1.165) is 18.9 Å². The topological polar surface area (TPSA) is 41.9 Å². The summed E-state index contributed by atoms with van der Waals surface area (Å²) in [5.41, 5.74) is 1.22. The van der Waals surface area contributed by atoms with E-state index in [1.807, 2.05) is 42.1 Å². The van der Waals surface area contributed by atoms with Gasteiger partial charge in [-0.25, -0.2) is 0 Å². The summed E-state index contributed by atoms with van der Waals surface area (Å²) >= 11 is 5.10. The van der Waals surface area contributed by atoms with Gasteiger partial charge >= 0.3 is 0 Å². The summed E-state index contributed by atoms with van der Waals surface area (Å²) in [6.45, 7) is 3.56. The van der Waals surface area contributed by atoms with E-state index in [2.05, 4.69) is 27.9 Å². The van der Waals surface area contributed by atoms with Gasteiger partial charge in [-0.2, -0.15) is 5.10 Å². The van der Waals surface area contributed by atoms with Gasteiger partial charge in [0, 0.05) is 18.8 Å². The third-order valence-corrected chi connectivity index (χ3v) is 2.65. The van der Waals surface area contributed by atoms with E-state index in [4.69, 9.17) is 12.2 Å². The number of nitrogens with zero attached hydrogens (tertiary/aromatic N) is 2. The van der Waals surface area contributed by atoms with Crippen LogP contribution < -0.4 is 10.6 Å². The van der Waals surface area contributed by atoms with Gasteiger partial charge in [-0.3, -0.25) is 4.68 Å². The molecule has 0 amide bonds. The molecule has 1 aromatic heterocycles. The molecule has 0 aliphatic rings. The molecule has 0 unspecified atom stereocenters. The van der Waals surface area contributed by atoms with E-state index in [1.54, 1.807) is 0 Å². The minimum atomic E-state index is 0.600. The van der Waals surface area contributed by atoms with Crippen LogP contribution in [0.5, 0.6) is 0 Å². The minimum absolute atomic E-state index is 0.600. The largest absolute Gasteiger partial charge is 0.363 e. The van der Waals surface area contributed by atoms with Crippen LogP contribution in [0.3, 0.4) is 0 Å². The van der Waals surface area contributed by atoms with Crippen molar-refractivity contribution >= 4 is 23.1 Å². The first kappa shape index (κ1) is 12.6. The highest BCUT2D eigenvalue weighted by Gasteiger charge is 2.01. The molecule has 0 fully saturated rings. The van der Waals surface area contributed by atoms with Gasteiger partial charge in [0.2, 0.25) is 0 Å². The maximum atomic E-state index is 5.10. The summed E-state index contributed by atoms with van der Waals surface area (Å²) < 4.78 is 1.88. The Morgan fingerprint density at radius 3 is 2.78 bits per heavy atom. The number of anilines is 1. The van der Waals surface area contributed by atoms with Crippen molar-refractivity contribution in [3.8, 4) is 0 Å². The van der Waals surface area contributed by atoms with Gasteiger partial charge in [0.25, 0.3) is 0 Å². The Labute approximate surface area is 112 Å². The van der Waals surface area contributed by atoms with E-state index < -0.39 is 0 Å². The number of benzene rings is 1. The molecule has 0 saturated carbocycles. The van der Waals surface area contributed by atoms with Crippen LogP contribution in [0.4, 0.5) is 5.82 Å². The third-order valence-electron chi connectivity index (χ3n) is 2.41. The summed E-state index contributed by atoms with van der Waals surface area (Å²) in [6, 6.07) is 12.1. The van der Waals surface area contributed by atoms with Crippen molar-refractivity contribution in [3.63, 3.8) is 0 Å². The van der Waals surface area contributed by atoms with Crippen molar-refractivity contribution in [1.29, 1.82) is 0 Å². The lowest BCUT2D eigenvalue weighted by atomic mass is 10.2. The number of nitrogens with one attached hydrogen (secondary N) is 2. The van der Waals surface area contributed by atoms with Crippen LogP contribution in [0.2, 0.25) is 0 Å². The van der Waals surface area contributed by atoms with E-state index in [1.165, 1.54) is 5.56 Å². The highest BCUT2D eigenvalue weighted by molar-refractivity contribution is 7.80. The molecule has 0 bridgehead atoms. The Morgan fingerprint density at radius 2 is 2.06 bits per heavy atom. The summed E-state index contributed by atoms with van der Waals surface area (Å²) in [5, 5.41) is 11.1. The van der Waals surface area contributed by atoms with Gasteiger partial charge in [0.1, 0.15) is 0 Å². The van der Waals surface area contributed by atoms with Crippen LogP contribution in [0.25, 0.3) is 0 Å². The molecule has 0 atom stereocenters. The van der Waals surface area contributed by atoms with Crippen molar-refractivity contribution in [2.24, 2.45) is 0 Å². The van der Waals surface area contributed by atoms with E-state index in [-0.39, 0.29) is 0 Å². The number of rotatable bonds is 4. The molecule has 18 heavy (non-hydrogen) atoms. The highest BCUT2D eigenvalue weighted by Crippen LogP contribution is 2.06. The predicted molar refractivity (Wildman–Crippen MR) is 77.7 cm³/mol. The van der Waals surface area contributed by atoms with Crippen LogP contribution >= 0.6 is 12.2 Å². The third kappa shape index (κ3) is 3.56. The SMILES string of the molecule is CCNC(=S)Nc1ccn(Cc2ccccc2)n1. The van der Waals surface area contributed by atoms with Gasteiger partial charge in [-0.15, -0.1) is 0 Å². The van der Waals surface area contributed by atoms with Gasteiger partial charge in [0.15, 0.2) is 10.9 Å². The zero-order chi connectivity index (χ0) is 12.8. The van der Waals surface area contributed by atoms with Crippen LogP contribution in [-0.4, -0.2) is 21.4 Å². The zero-order valence-electron chi connectivity index (χ0n) is 10.3. The fourth-order valence-electron chi connectivity index (χ4n) is 1.61. The molecule has 94 valence electrons. The Hall–Kier alpha value is -1.88. The predicted octanol–water partition coefficient (Wildman–Crippen LogP) is 2.24. The van der Waals surface area contributed by atoms with E-state index >= 15 is 0 Å². The van der Waals surface area contributed by atoms with Crippen molar-refractivity contribution < 1.29 is 0 Å². The molecule has 0 saturated heterocycles. The molecule has 0 radical (unpaired) electrons. The normalized spacial score (nSPS) is 10.1. The van der Waals surface area contributed by atoms with Crippen molar-refractivity contribution in [1.82, 2.24) is 15.1 Å². The van der Waals surface area contributed by atoms with Crippen molar-refractivity contribution in [2.75, 3.05) is 11.9 Å². The monoisotopic (exact) mass is 260 g/mol. The molecule has 1 heterocycles. The second kappa shape index (κ2) is 6.16. The first-order valence-electron chi connectivity index (χ1n) is 5.90. The molecule has 2 rings (SSSR count). The molecule has 4 nitrogen and oxygen atoms in total. The lowest BCUT2D eigenvalue weighted by Gasteiger charge is -2.05. The molecule has 2 N–H and O–H groups in total. The standard InChI is InChI=1S/C13H16N4S/c1-2-14-13(18)15-12-8-9-17(16-12)10-11-6-4-3-5-7-11/h3-9H,2,10H2,1H3,(H2,14,15,16,18). The maximum Gasteiger partial charge on any atom is 0.171 e. The Balaban J connectivity index is 1.96. The molecule has 2 aromatic rings. The summed E-state index contributed by atoms with van der Waals surface area (Å²) in [7, 11) is 0.